The Morgan fingerprint density at radius 1 is 1.24 bits per heavy atom. The van der Waals surface area contributed by atoms with Gasteiger partial charge in [-0.1, -0.05) is 11.6 Å². The quantitative estimate of drug-likeness (QED) is 0.735. The molecule has 1 fully saturated rings. The summed E-state index contributed by atoms with van der Waals surface area (Å²) in [5.74, 6) is -0.628. The Balaban J connectivity index is 2.01. The lowest BCUT2D eigenvalue weighted by molar-refractivity contribution is 0.0288. The number of carbonyl (C=O) groups is 2. The summed E-state index contributed by atoms with van der Waals surface area (Å²) in [4.78, 5) is 39.4. The smallest absolute Gasteiger partial charge is 0.410 e. The number of likely N-dealkylation sites (tertiary alicyclic amines) is 1. The molecule has 156 valence electrons. The average Bonchev–Trinajstić information content (AvgIpc) is 3.11. The molecule has 1 aliphatic rings. The Morgan fingerprint density at radius 3 is 2.62 bits per heavy atom. The van der Waals surface area contributed by atoms with Crippen LogP contribution in [0.4, 0.5) is 4.79 Å². The first-order chi connectivity index (χ1) is 13.6. The fraction of sp³-hybridized carbons (Fsp3) is 0.500. The van der Waals surface area contributed by atoms with Crippen molar-refractivity contribution in [2.75, 3.05) is 19.7 Å². The van der Waals surface area contributed by atoms with Gasteiger partial charge >= 0.3 is 12.1 Å². The highest BCUT2D eigenvalue weighted by Crippen LogP contribution is 2.27. The van der Waals surface area contributed by atoms with Gasteiger partial charge in [-0.2, -0.15) is 0 Å². The zero-order chi connectivity index (χ0) is 21.3. The Bertz CT molecular complexity index is 1000. The Kier molecular flexibility index (Phi) is 5.68. The molecule has 1 unspecified atom stereocenters. The average molecular weight is 400 g/mol. The molecular formula is C22H28N2O5. The van der Waals surface area contributed by atoms with E-state index in [2.05, 4.69) is 0 Å². The molecule has 1 aromatic carbocycles. The second-order valence-electron chi connectivity index (χ2n) is 8.39. The summed E-state index contributed by atoms with van der Waals surface area (Å²) in [6.45, 7) is 10.3. The maximum Gasteiger partial charge on any atom is 0.410 e. The van der Waals surface area contributed by atoms with Crippen LogP contribution in [0, 0.1) is 6.92 Å². The van der Waals surface area contributed by atoms with Crippen molar-refractivity contribution in [1.82, 2.24) is 9.47 Å². The van der Waals surface area contributed by atoms with Crippen LogP contribution in [0.25, 0.3) is 10.9 Å². The van der Waals surface area contributed by atoms with Gasteiger partial charge in [-0.15, -0.1) is 0 Å². The van der Waals surface area contributed by atoms with Crippen LogP contribution < -0.4 is 5.43 Å². The summed E-state index contributed by atoms with van der Waals surface area (Å²) in [6, 6.07) is 5.54. The van der Waals surface area contributed by atoms with Gasteiger partial charge in [-0.25, -0.2) is 9.59 Å². The molecule has 1 aliphatic heterocycles. The second-order valence-corrected chi connectivity index (χ2v) is 8.39. The van der Waals surface area contributed by atoms with Crippen LogP contribution >= 0.6 is 0 Å². The number of benzene rings is 1. The molecule has 2 heterocycles. The Hall–Kier alpha value is -2.83. The minimum atomic E-state index is -0.628. The van der Waals surface area contributed by atoms with Gasteiger partial charge in [0, 0.05) is 24.7 Å². The maximum absolute atomic E-state index is 12.9. The van der Waals surface area contributed by atoms with Gasteiger partial charge in [0.2, 0.25) is 5.43 Å². The van der Waals surface area contributed by atoms with E-state index in [0.717, 1.165) is 11.1 Å². The minimum Gasteiger partial charge on any atom is -0.462 e. The predicted octanol–water partition coefficient (Wildman–Crippen LogP) is 3.67. The van der Waals surface area contributed by atoms with Crippen LogP contribution in [0.5, 0.6) is 0 Å². The van der Waals surface area contributed by atoms with Gasteiger partial charge in [0.1, 0.15) is 11.2 Å². The van der Waals surface area contributed by atoms with E-state index < -0.39 is 11.6 Å². The summed E-state index contributed by atoms with van der Waals surface area (Å²) in [7, 11) is 0. The molecule has 0 saturated carbocycles. The van der Waals surface area contributed by atoms with Crippen molar-refractivity contribution in [2.24, 2.45) is 0 Å². The van der Waals surface area contributed by atoms with E-state index in [-0.39, 0.29) is 29.7 Å². The molecule has 0 N–H and O–H groups in total. The number of nitrogens with zero attached hydrogens (tertiary/aromatic N) is 2. The number of carbonyl (C=O) groups excluding carboxylic acids is 2. The van der Waals surface area contributed by atoms with Gasteiger partial charge in [-0.3, -0.25) is 4.79 Å². The molecule has 1 aromatic heterocycles. The van der Waals surface area contributed by atoms with E-state index in [1.807, 2.05) is 44.4 Å². The van der Waals surface area contributed by atoms with Gasteiger partial charge < -0.3 is 18.9 Å². The molecule has 0 radical (unpaired) electrons. The summed E-state index contributed by atoms with van der Waals surface area (Å²) in [6.07, 6.45) is 1.92. The molecule has 3 rings (SSSR count). The second kappa shape index (κ2) is 7.89. The highest BCUT2D eigenvalue weighted by Gasteiger charge is 2.31. The van der Waals surface area contributed by atoms with E-state index in [1.165, 1.54) is 0 Å². The van der Waals surface area contributed by atoms with E-state index in [1.54, 1.807) is 24.1 Å². The van der Waals surface area contributed by atoms with E-state index >= 15 is 0 Å². The number of ether oxygens (including phenoxy) is 2. The fourth-order valence-corrected chi connectivity index (χ4v) is 3.59. The molecule has 7 heteroatoms. The number of amides is 1. The van der Waals surface area contributed by atoms with Crippen molar-refractivity contribution in [3.63, 3.8) is 0 Å². The third-order valence-electron chi connectivity index (χ3n) is 4.89. The first-order valence-electron chi connectivity index (χ1n) is 9.91. The van der Waals surface area contributed by atoms with Gasteiger partial charge in [0.25, 0.3) is 0 Å². The number of aromatic nitrogens is 1. The zero-order valence-electron chi connectivity index (χ0n) is 17.7. The predicted molar refractivity (Wildman–Crippen MR) is 110 cm³/mol. The third kappa shape index (κ3) is 4.44. The van der Waals surface area contributed by atoms with Crippen molar-refractivity contribution in [3.05, 3.63) is 45.7 Å². The topological polar surface area (TPSA) is 77.8 Å². The maximum atomic E-state index is 12.9. The molecule has 0 aliphatic carbocycles. The van der Waals surface area contributed by atoms with Crippen LogP contribution in [0.1, 0.15) is 56.1 Å². The molecule has 1 saturated heterocycles. The Labute approximate surface area is 170 Å². The zero-order valence-corrected chi connectivity index (χ0v) is 17.7. The fourth-order valence-electron chi connectivity index (χ4n) is 3.59. The van der Waals surface area contributed by atoms with Crippen molar-refractivity contribution < 1.29 is 19.1 Å². The van der Waals surface area contributed by atoms with Crippen LogP contribution in [-0.4, -0.2) is 46.8 Å². The molecular weight excluding hydrogens is 372 g/mol. The summed E-state index contributed by atoms with van der Waals surface area (Å²) < 4.78 is 12.5. The van der Waals surface area contributed by atoms with Crippen molar-refractivity contribution in [2.45, 2.75) is 52.7 Å². The van der Waals surface area contributed by atoms with Crippen molar-refractivity contribution in [1.29, 1.82) is 0 Å². The monoisotopic (exact) mass is 400 g/mol. The molecule has 0 bridgehead atoms. The lowest BCUT2D eigenvalue weighted by atomic mass is 10.1. The van der Waals surface area contributed by atoms with Gasteiger partial charge in [-0.05, 0) is 53.2 Å². The van der Waals surface area contributed by atoms with Crippen LogP contribution in [-0.2, 0) is 9.47 Å². The number of hydrogen-bond acceptors (Lipinski definition) is 5. The number of esters is 1. The SMILES string of the molecule is CCOC(=O)c1cn(C2CCN(C(=O)OC(C)(C)C)C2)c2ccc(C)cc2c1=O. The molecule has 7 nitrogen and oxygen atoms in total. The molecule has 0 spiro atoms. The number of pyridine rings is 1. The number of rotatable bonds is 3. The lowest BCUT2D eigenvalue weighted by Crippen LogP contribution is -2.35. The molecule has 29 heavy (non-hydrogen) atoms. The summed E-state index contributed by atoms with van der Waals surface area (Å²) in [5.41, 5.74) is 0.795. The summed E-state index contributed by atoms with van der Waals surface area (Å²) in [5, 5.41) is 0.478. The molecule has 1 atom stereocenters. The summed E-state index contributed by atoms with van der Waals surface area (Å²) >= 11 is 0. The highest BCUT2D eigenvalue weighted by atomic mass is 16.6. The lowest BCUT2D eigenvalue weighted by Gasteiger charge is -2.25. The normalized spacial score (nSPS) is 16.9. The molecule has 2 aromatic rings. The number of hydrogen-bond donors (Lipinski definition) is 0. The minimum absolute atomic E-state index is 0.0145. The van der Waals surface area contributed by atoms with Crippen molar-refractivity contribution in [3.8, 4) is 0 Å². The number of fused-ring (bicyclic) bond motifs is 1. The largest absolute Gasteiger partial charge is 0.462 e. The van der Waals surface area contributed by atoms with Crippen molar-refractivity contribution >= 4 is 23.0 Å². The van der Waals surface area contributed by atoms with E-state index in [0.29, 0.717) is 24.9 Å². The Morgan fingerprint density at radius 2 is 1.97 bits per heavy atom. The standard InChI is InChI=1S/C22H28N2O5/c1-6-28-20(26)17-13-24(18-8-7-14(2)11-16(18)19(17)25)15-9-10-23(12-15)21(27)29-22(3,4)5/h7-8,11,13,15H,6,9-10,12H2,1-5H3. The van der Waals surface area contributed by atoms with E-state index in [4.69, 9.17) is 9.47 Å². The first kappa shape index (κ1) is 20.9. The number of aryl methyl sites for hydroxylation is 1. The van der Waals surface area contributed by atoms with E-state index in [9.17, 15) is 14.4 Å². The van der Waals surface area contributed by atoms with Crippen LogP contribution in [0.2, 0.25) is 0 Å². The van der Waals surface area contributed by atoms with Gasteiger partial charge in [0.05, 0.1) is 18.2 Å². The molecule has 1 amide bonds. The highest BCUT2D eigenvalue weighted by molar-refractivity contribution is 5.94. The third-order valence-corrected chi connectivity index (χ3v) is 4.89. The van der Waals surface area contributed by atoms with Crippen LogP contribution in [0.15, 0.2) is 29.2 Å². The first-order valence-corrected chi connectivity index (χ1v) is 9.91. The van der Waals surface area contributed by atoms with Gasteiger partial charge in [0.15, 0.2) is 0 Å². The van der Waals surface area contributed by atoms with Crippen LogP contribution in [0.3, 0.4) is 0 Å².